The standard InChI is InChI=1S/C17H24N2O2/c1-16(2,3)21-15(20)19-13-7-6-12-5-4-8-17(9-10-18-17)14(12)11-13/h6-7,11,18H,4-5,8-10H2,1-3H3,(H,19,20)/t17-/m1/s1. The normalized spacial score (nSPS) is 24.1. The van der Waals surface area contributed by atoms with E-state index in [1.807, 2.05) is 26.8 Å². The lowest BCUT2D eigenvalue weighted by Crippen LogP contribution is -2.55. The summed E-state index contributed by atoms with van der Waals surface area (Å²) in [6, 6.07) is 6.23. The molecule has 1 heterocycles. The summed E-state index contributed by atoms with van der Waals surface area (Å²) in [6.07, 6.45) is 4.35. The molecule has 0 radical (unpaired) electrons. The highest BCUT2D eigenvalue weighted by Gasteiger charge is 2.41. The number of rotatable bonds is 1. The van der Waals surface area contributed by atoms with E-state index in [-0.39, 0.29) is 5.54 Å². The van der Waals surface area contributed by atoms with E-state index in [9.17, 15) is 4.79 Å². The van der Waals surface area contributed by atoms with E-state index >= 15 is 0 Å². The number of anilines is 1. The van der Waals surface area contributed by atoms with Crippen LogP contribution in [0.1, 0.15) is 51.2 Å². The van der Waals surface area contributed by atoms with Gasteiger partial charge in [0.15, 0.2) is 0 Å². The van der Waals surface area contributed by atoms with Crippen LogP contribution in [-0.4, -0.2) is 18.2 Å². The molecule has 1 aromatic carbocycles. The number of fused-ring (bicyclic) bond motifs is 2. The third-order valence-corrected chi connectivity index (χ3v) is 4.34. The first kappa shape index (κ1) is 14.4. The first-order valence-corrected chi connectivity index (χ1v) is 7.76. The topological polar surface area (TPSA) is 50.4 Å². The van der Waals surface area contributed by atoms with Gasteiger partial charge in [-0.1, -0.05) is 6.07 Å². The molecule has 114 valence electrons. The molecule has 0 unspecified atom stereocenters. The maximum absolute atomic E-state index is 11.9. The molecule has 21 heavy (non-hydrogen) atoms. The number of carbonyl (C=O) groups is 1. The number of nitrogens with one attached hydrogen (secondary N) is 2. The summed E-state index contributed by atoms with van der Waals surface area (Å²) in [6.45, 7) is 6.69. The molecule has 0 aromatic heterocycles. The molecule has 1 spiro atoms. The second kappa shape index (κ2) is 5.02. The van der Waals surface area contributed by atoms with Gasteiger partial charge in [-0.15, -0.1) is 0 Å². The Morgan fingerprint density at radius 2 is 2.10 bits per heavy atom. The minimum absolute atomic E-state index is 0.152. The van der Waals surface area contributed by atoms with Crippen molar-refractivity contribution in [2.75, 3.05) is 11.9 Å². The molecule has 0 saturated carbocycles. The first-order valence-electron chi connectivity index (χ1n) is 7.76. The Hall–Kier alpha value is -1.55. The minimum atomic E-state index is -0.477. The zero-order valence-corrected chi connectivity index (χ0v) is 13.1. The Labute approximate surface area is 126 Å². The molecule has 2 aliphatic rings. The van der Waals surface area contributed by atoms with Gasteiger partial charge >= 0.3 is 6.09 Å². The van der Waals surface area contributed by atoms with E-state index in [1.165, 1.54) is 30.4 Å². The summed E-state index contributed by atoms with van der Waals surface area (Å²) in [4.78, 5) is 11.9. The van der Waals surface area contributed by atoms with Crippen molar-refractivity contribution in [3.63, 3.8) is 0 Å². The Morgan fingerprint density at radius 3 is 2.71 bits per heavy atom. The fourth-order valence-corrected chi connectivity index (χ4v) is 3.32. The van der Waals surface area contributed by atoms with Gasteiger partial charge in [0, 0.05) is 11.2 Å². The van der Waals surface area contributed by atoms with Crippen molar-refractivity contribution in [3.05, 3.63) is 29.3 Å². The number of aryl methyl sites for hydroxylation is 1. The molecule has 4 nitrogen and oxygen atoms in total. The van der Waals surface area contributed by atoms with Gasteiger partial charge in [0.25, 0.3) is 0 Å². The summed E-state index contributed by atoms with van der Waals surface area (Å²) < 4.78 is 5.31. The van der Waals surface area contributed by atoms with Crippen LogP contribution < -0.4 is 10.6 Å². The highest BCUT2D eigenvalue weighted by molar-refractivity contribution is 5.85. The molecule has 1 amide bonds. The van der Waals surface area contributed by atoms with Crippen LogP contribution in [-0.2, 0) is 16.7 Å². The lowest BCUT2D eigenvalue weighted by Gasteiger charge is -2.47. The largest absolute Gasteiger partial charge is 0.444 e. The molecule has 4 heteroatoms. The van der Waals surface area contributed by atoms with Crippen molar-refractivity contribution in [3.8, 4) is 0 Å². The van der Waals surface area contributed by atoms with Crippen LogP contribution in [0.4, 0.5) is 10.5 Å². The van der Waals surface area contributed by atoms with E-state index in [1.54, 1.807) is 0 Å². The van der Waals surface area contributed by atoms with Gasteiger partial charge in [0.2, 0.25) is 0 Å². The summed E-state index contributed by atoms with van der Waals surface area (Å²) in [5, 5.41) is 6.44. The van der Waals surface area contributed by atoms with Crippen molar-refractivity contribution in [1.29, 1.82) is 0 Å². The summed E-state index contributed by atoms with van der Waals surface area (Å²) in [7, 11) is 0. The average molecular weight is 288 g/mol. The van der Waals surface area contributed by atoms with Gasteiger partial charge in [0.1, 0.15) is 5.60 Å². The number of ether oxygens (including phenoxy) is 1. The van der Waals surface area contributed by atoms with E-state index in [2.05, 4.69) is 22.8 Å². The number of hydrogen-bond acceptors (Lipinski definition) is 3. The fourth-order valence-electron chi connectivity index (χ4n) is 3.32. The van der Waals surface area contributed by atoms with Crippen LogP contribution in [0.5, 0.6) is 0 Å². The molecule has 0 bridgehead atoms. The highest BCUT2D eigenvalue weighted by atomic mass is 16.6. The van der Waals surface area contributed by atoms with E-state index in [0.29, 0.717) is 0 Å². The smallest absolute Gasteiger partial charge is 0.412 e. The number of benzene rings is 1. The van der Waals surface area contributed by atoms with E-state index in [0.717, 1.165) is 18.7 Å². The predicted molar refractivity (Wildman–Crippen MR) is 83.5 cm³/mol. The number of carbonyl (C=O) groups excluding carboxylic acids is 1. The summed E-state index contributed by atoms with van der Waals surface area (Å²) in [5.41, 5.74) is 3.25. The second-order valence-corrected chi connectivity index (χ2v) is 7.11. The number of hydrogen-bond donors (Lipinski definition) is 2. The molecule has 1 aliphatic carbocycles. The minimum Gasteiger partial charge on any atom is -0.444 e. The van der Waals surface area contributed by atoms with Crippen LogP contribution in [0.3, 0.4) is 0 Å². The van der Waals surface area contributed by atoms with Crippen LogP contribution in [0.2, 0.25) is 0 Å². The fraction of sp³-hybridized carbons (Fsp3) is 0.588. The maximum atomic E-state index is 11.9. The summed E-state index contributed by atoms with van der Waals surface area (Å²) in [5.74, 6) is 0. The Bertz CT molecular complexity index is 556. The molecular weight excluding hydrogens is 264 g/mol. The van der Waals surface area contributed by atoms with Crippen LogP contribution in [0, 0.1) is 0 Å². The van der Waals surface area contributed by atoms with Crippen LogP contribution in [0.15, 0.2) is 18.2 Å². The van der Waals surface area contributed by atoms with Crippen molar-refractivity contribution in [1.82, 2.24) is 5.32 Å². The SMILES string of the molecule is CC(C)(C)OC(=O)Nc1ccc2c(c1)[C@@]1(CCC2)CCN1. The van der Waals surface area contributed by atoms with Crippen molar-refractivity contribution >= 4 is 11.8 Å². The van der Waals surface area contributed by atoms with E-state index in [4.69, 9.17) is 4.74 Å². The third-order valence-electron chi connectivity index (χ3n) is 4.34. The molecule has 3 rings (SSSR count). The lowest BCUT2D eigenvalue weighted by atomic mass is 9.70. The van der Waals surface area contributed by atoms with E-state index < -0.39 is 11.7 Å². The first-order chi connectivity index (χ1) is 9.88. The molecule has 1 atom stereocenters. The Kier molecular flexibility index (Phi) is 3.44. The van der Waals surface area contributed by atoms with Gasteiger partial charge < -0.3 is 10.1 Å². The predicted octanol–water partition coefficient (Wildman–Crippen LogP) is 3.56. The quantitative estimate of drug-likeness (QED) is 0.830. The zero-order valence-electron chi connectivity index (χ0n) is 13.1. The Balaban J connectivity index is 1.79. The highest BCUT2D eigenvalue weighted by Crippen LogP contribution is 2.42. The number of amides is 1. The van der Waals surface area contributed by atoms with Crippen molar-refractivity contribution in [2.45, 2.75) is 57.6 Å². The molecule has 1 aromatic rings. The molecular formula is C17H24N2O2. The van der Waals surface area contributed by atoms with Gasteiger partial charge in [0.05, 0.1) is 0 Å². The molecule has 1 saturated heterocycles. The Morgan fingerprint density at radius 1 is 1.33 bits per heavy atom. The van der Waals surface area contributed by atoms with Gasteiger partial charge in [-0.05, 0) is 76.3 Å². The second-order valence-electron chi connectivity index (χ2n) is 7.11. The maximum Gasteiger partial charge on any atom is 0.412 e. The van der Waals surface area contributed by atoms with Gasteiger partial charge in [-0.25, -0.2) is 4.79 Å². The third kappa shape index (κ3) is 2.91. The molecule has 2 N–H and O–H groups in total. The van der Waals surface area contributed by atoms with Crippen LogP contribution >= 0.6 is 0 Å². The molecule has 1 aliphatic heterocycles. The van der Waals surface area contributed by atoms with Crippen LogP contribution in [0.25, 0.3) is 0 Å². The van der Waals surface area contributed by atoms with Gasteiger partial charge in [-0.3, -0.25) is 5.32 Å². The molecule has 1 fully saturated rings. The van der Waals surface area contributed by atoms with Crippen molar-refractivity contribution < 1.29 is 9.53 Å². The van der Waals surface area contributed by atoms with Gasteiger partial charge in [-0.2, -0.15) is 0 Å². The average Bonchev–Trinajstić information content (AvgIpc) is 2.33. The monoisotopic (exact) mass is 288 g/mol. The lowest BCUT2D eigenvalue weighted by molar-refractivity contribution is 0.0636. The zero-order chi connectivity index (χ0) is 15.1. The van der Waals surface area contributed by atoms with Crippen molar-refractivity contribution in [2.24, 2.45) is 0 Å². The summed E-state index contributed by atoms with van der Waals surface area (Å²) >= 11 is 0.